The Balaban J connectivity index is 2.25. The Hall–Kier alpha value is -1.63. The summed E-state index contributed by atoms with van der Waals surface area (Å²) in [5.41, 5.74) is 0.602. The molecular weight excluding hydrogens is 271 g/mol. The predicted molar refractivity (Wildman–Crippen MR) is 59.2 cm³/mol. The minimum atomic E-state index is -0.197. The van der Waals surface area contributed by atoms with E-state index >= 15 is 0 Å². The molecule has 1 aliphatic rings. The average molecular weight is 279 g/mol. The fraction of sp³-hybridized carbons (Fsp3) is 0.182. The van der Waals surface area contributed by atoms with Crippen molar-refractivity contribution in [2.45, 2.75) is 12.8 Å². The van der Waals surface area contributed by atoms with Crippen molar-refractivity contribution in [2.24, 2.45) is 0 Å². The number of carbonyl (C=O) groups excluding carboxylic acids is 2. The van der Waals surface area contributed by atoms with E-state index in [4.69, 9.17) is 5.26 Å². The Bertz CT molecular complexity index is 460. The minimum absolute atomic E-state index is 0.149. The second-order valence-electron chi connectivity index (χ2n) is 3.31. The van der Waals surface area contributed by atoms with Gasteiger partial charge in [0, 0.05) is 0 Å². The van der Waals surface area contributed by atoms with E-state index in [-0.39, 0.29) is 26.8 Å². The summed E-state index contributed by atoms with van der Waals surface area (Å²) < 4.78 is 0.942. The van der Waals surface area contributed by atoms with Gasteiger partial charge in [-0.25, -0.2) is 0 Å². The zero-order valence-corrected chi connectivity index (χ0v) is 10.1. The van der Waals surface area contributed by atoms with Crippen molar-refractivity contribution in [3.05, 3.63) is 24.3 Å². The first-order valence-corrected chi connectivity index (χ1v) is 6.45. The quantitative estimate of drug-likeness (QED) is 0.572. The van der Waals surface area contributed by atoms with Crippen molar-refractivity contribution in [3.63, 3.8) is 0 Å². The topological polar surface area (TPSA) is 61.2 Å². The molecule has 0 unspecified atom stereocenters. The fourth-order valence-corrected chi connectivity index (χ4v) is 2.37. The van der Waals surface area contributed by atoms with Crippen LogP contribution in [0.5, 0.6) is 0 Å². The van der Waals surface area contributed by atoms with Crippen LogP contribution in [0, 0.1) is 10.2 Å². The zero-order valence-electron chi connectivity index (χ0n) is 8.34. The molecule has 2 rings (SSSR count). The average Bonchev–Trinajstić information content (AvgIpc) is 2.61. The van der Waals surface area contributed by atoms with Crippen LogP contribution in [0.4, 0.5) is 5.69 Å². The number of amides is 2. The number of hydrogen-bond donors (Lipinski definition) is 0. The van der Waals surface area contributed by atoms with Crippen LogP contribution < -0.4 is 9.36 Å². The molecule has 1 aromatic rings. The molecule has 0 aromatic heterocycles. The standard InChI is InChI=1S/C11H8N2O2Se/c12-7-16-9-3-1-8(2-4-9)13-10(14)5-6-11(13)15/h1-4H,5-6H2. The molecule has 1 heterocycles. The van der Waals surface area contributed by atoms with Crippen molar-refractivity contribution >= 4 is 36.9 Å². The molecule has 4 nitrogen and oxygen atoms in total. The molecule has 80 valence electrons. The third-order valence-corrected chi connectivity index (χ3v) is 3.57. The molecule has 0 aliphatic carbocycles. The molecule has 5 heteroatoms. The van der Waals surface area contributed by atoms with Crippen LogP contribution in [-0.2, 0) is 9.59 Å². The van der Waals surface area contributed by atoms with Crippen LogP contribution in [0.1, 0.15) is 12.8 Å². The van der Waals surface area contributed by atoms with Gasteiger partial charge < -0.3 is 0 Å². The van der Waals surface area contributed by atoms with Crippen LogP contribution in [0.15, 0.2) is 24.3 Å². The second-order valence-corrected chi connectivity index (χ2v) is 5.11. The molecule has 0 radical (unpaired) electrons. The summed E-state index contributed by atoms with van der Waals surface area (Å²) in [5, 5.41) is 8.54. The van der Waals surface area contributed by atoms with Gasteiger partial charge in [-0.2, -0.15) is 0 Å². The molecule has 0 spiro atoms. The molecule has 16 heavy (non-hydrogen) atoms. The number of nitrogens with zero attached hydrogens (tertiary/aromatic N) is 2. The predicted octanol–water partition coefficient (Wildman–Crippen LogP) is 0.151. The number of anilines is 1. The second kappa shape index (κ2) is 4.48. The van der Waals surface area contributed by atoms with Crippen LogP contribution in [-0.4, -0.2) is 26.8 Å². The van der Waals surface area contributed by atoms with Gasteiger partial charge in [0.2, 0.25) is 0 Å². The first kappa shape index (κ1) is 10.9. The Labute approximate surface area is 99.0 Å². The summed E-state index contributed by atoms with van der Waals surface area (Å²) in [5.74, 6) is -0.299. The van der Waals surface area contributed by atoms with E-state index in [2.05, 4.69) is 4.97 Å². The van der Waals surface area contributed by atoms with Gasteiger partial charge in [-0.3, -0.25) is 0 Å². The van der Waals surface area contributed by atoms with Gasteiger partial charge in [0.25, 0.3) is 0 Å². The van der Waals surface area contributed by atoms with Crippen LogP contribution in [0.25, 0.3) is 0 Å². The van der Waals surface area contributed by atoms with E-state index in [1.165, 1.54) is 4.90 Å². The van der Waals surface area contributed by atoms with Crippen molar-refractivity contribution in [2.75, 3.05) is 4.90 Å². The molecule has 0 saturated carbocycles. The van der Waals surface area contributed by atoms with Crippen LogP contribution in [0.2, 0.25) is 0 Å². The van der Waals surface area contributed by atoms with Gasteiger partial charge in [0.05, 0.1) is 0 Å². The van der Waals surface area contributed by atoms with Crippen molar-refractivity contribution in [3.8, 4) is 4.97 Å². The Morgan fingerprint density at radius 3 is 2.19 bits per heavy atom. The molecule has 1 aliphatic heterocycles. The molecule has 2 amide bonds. The maximum atomic E-state index is 11.5. The third kappa shape index (κ3) is 1.99. The van der Waals surface area contributed by atoms with E-state index in [9.17, 15) is 9.59 Å². The molecular formula is C11H8N2O2Se. The number of rotatable bonds is 2. The van der Waals surface area contributed by atoms with Gasteiger partial charge in [0.15, 0.2) is 0 Å². The van der Waals surface area contributed by atoms with Crippen LogP contribution in [0.3, 0.4) is 0 Å². The summed E-state index contributed by atoms with van der Waals surface area (Å²) in [6.07, 6.45) is 0.589. The van der Waals surface area contributed by atoms with Gasteiger partial charge in [-0.05, 0) is 0 Å². The first-order chi connectivity index (χ1) is 7.72. The summed E-state index contributed by atoms with van der Waals surface area (Å²) in [6, 6.07) is 7.01. The summed E-state index contributed by atoms with van der Waals surface area (Å²) in [6.45, 7) is 0. The number of hydrogen-bond acceptors (Lipinski definition) is 3. The SMILES string of the molecule is N#C[Se]c1ccc(N2C(=O)CCC2=O)cc1. The Kier molecular flexibility index (Phi) is 3.04. The summed E-state index contributed by atoms with van der Waals surface area (Å²) in [7, 11) is 0. The number of benzene rings is 1. The Morgan fingerprint density at radius 1 is 1.12 bits per heavy atom. The normalized spacial score (nSPS) is 15.3. The first-order valence-electron chi connectivity index (χ1n) is 4.74. The molecule has 1 fully saturated rings. The monoisotopic (exact) mass is 280 g/mol. The van der Waals surface area contributed by atoms with Gasteiger partial charge >= 0.3 is 98.7 Å². The van der Waals surface area contributed by atoms with E-state index < -0.39 is 0 Å². The van der Waals surface area contributed by atoms with Gasteiger partial charge in [-0.1, -0.05) is 0 Å². The number of imide groups is 1. The number of nitriles is 1. The van der Waals surface area contributed by atoms with E-state index in [1.54, 1.807) is 24.3 Å². The number of carbonyl (C=O) groups is 2. The van der Waals surface area contributed by atoms with Crippen LogP contribution >= 0.6 is 0 Å². The molecule has 0 atom stereocenters. The molecule has 0 bridgehead atoms. The summed E-state index contributed by atoms with van der Waals surface area (Å²) >= 11 is -0.197. The van der Waals surface area contributed by atoms with E-state index in [1.807, 2.05) is 0 Å². The van der Waals surface area contributed by atoms with E-state index in [0.717, 1.165) is 4.46 Å². The van der Waals surface area contributed by atoms with Gasteiger partial charge in [-0.15, -0.1) is 0 Å². The van der Waals surface area contributed by atoms with Gasteiger partial charge in [0.1, 0.15) is 0 Å². The van der Waals surface area contributed by atoms with E-state index in [0.29, 0.717) is 18.5 Å². The molecule has 1 saturated heterocycles. The van der Waals surface area contributed by atoms with Crippen molar-refractivity contribution < 1.29 is 9.59 Å². The zero-order chi connectivity index (χ0) is 11.5. The summed E-state index contributed by atoms with van der Waals surface area (Å²) in [4.78, 5) is 26.2. The third-order valence-electron chi connectivity index (χ3n) is 2.31. The molecule has 0 N–H and O–H groups in total. The maximum absolute atomic E-state index is 11.5. The van der Waals surface area contributed by atoms with Crippen molar-refractivity contribution in [1.82, 2.24) is 0 Å². The van der Waals surface area contributed by atoms with Crippen molar-refractivity contribution in [1.29, 1.82) is 5.26 Å². The Morgan fingerprint density at radius 2 is 1.69 bits per heavy atom. The fourth-order valence-electron chi connectivity index (χ4n) is 1.58. The molecule has 1 aromatic carbocycles.